The zero-order valence-corrected chi connectivity index (χ0v) is 9.87. The summed E-state index contributed by atoms with van der Waals surface area (Å²) in [6, 6.07) is 4.70. The van der Waals surface area contributed by atoms with Crippen LogP contribution in [0.3, 0.4) is 0 Å². The molecule has 6 heteroatoms. The van der Waals surface area contributed by atoms with Crippen LogP contribution in [0.2, 0.25) is 0 Å². The molecule has 0 heterocycles. The normalized spacial score (nSPS) is 11.3. The number of hydrogen-bond donors (Lipinski definition) is 1. The molecule has 0 atom stereocenters. The summed E-state index contributed by atoms with van der Waals surface area (Å²) in [5.74, 6) is -1.07. The number of alkyl halides is 3. The van der Waals surface area contributed by atoms with Gasteiger partial charge in [0.05, 0.1) is 5.56 Å². The Balaban J connectivity index is 3.01. The van der Waals surface area contributed by atoms with Gasteiger partial charge in [0, 0.05) is 12.2 Å². The third kappa shape index (κ3) is 3.94. The summed E-state index contributed by atoms with van der Waals surface area (Å²) < 4.78 is 37.6. The second kappa shape index (κ2) is 5.75. The predicted octanol–water partition coefficient (Wildman–Crippen LogP) is 3.01. The van der Waals surface area contributed by atoms with Crippen molar-refractivity contribution in [2.24, 2.45) is 0 Å². The molecule has 0 fully saturated rings. The Morgan fingerprint density at radius 1 is 1.39 bits per heavy atom. The van der Waals surface area contributed by atoms with Gasteiger partial charge in [0.15, 0.2) is 0 Å². The zero-order valence-electron chi connectivity index (χ0n) is 9.87. The van der Waals surface area contributed by atoms with Crippen LogP contribution in [-0.2, 0) is 11.0 Å². The number of carboxylic acid groups (broad SMARTS) is 1. The van der Waals surface area contributed by atoms with Crippen molar-refractivity contribution in [1.82, 2.24) is 0 Å². The van der Waals surface area contributed by atoms with Crippen molar-refractivity contribution in [3.8, 4) is 0 Å². The van der Waals surface area contributed by atoms with Gasteiger partial charge in [0.1, 0.15) is 6.54 Å². The van der Waals surface area contributed by atoms with Crippen LogP contribution < -0.4 is 4.90 Å². The maximum atomic E-state index is 12.5. The van der Waals surface area contributed by atoms with Crippen LogP contribution in [-0.4, -0.2) is 24.2 Å². The molecule has 0 saturated heterocycles. The van der Waals surface area contributed by atoms with Gasteiger partial charge < -0.3 is 10.0 Å². The smallest absolute Gasteiger partial charge is 0.416 e. The van der Waals surface area contributed by atoms with Gasteiger partial charge in [-0.3, -0.25) is 4.79 Å². The van der Waals surface area contributed by atoms with Gasteiger partial charge in [-0.2, -0.15) is 13.2 Å². The molecule has 0 bridgehead atoms. The van der Waals surface area contributed by atoms with Gasteiger partial charge in [0.25, 0.3) is 0 Å². The number of hydrogen-bond acceptors (Lipinski definition) is 2. The maximum Gasteiger partial charge on any atom is 0.416 e. The summed E-state index contributed by atoms with van der Waals surface area (Å²) in [5.41, 5.74) is -0.499. The summed E-state index contributed by atoms with van der Waals surface area (Å²) in [6.45, 7) is 1.92. The quantitative estimate of drug-likeness (QED) is 0.885. The number of halogens is 3. The van der Waals surface area contributed by atoms with Crippen LogP contribution in [0.1, 0.15) is 18.9 Å². The molecule has 0 aromatic heterocycles. The lowest BCUT2D eigenvalue weighted by Gasteiger charge is -2.23. The number of nitrogens with zero attached hydrogens (tertiary/aromatic N) is 1. The first kappa shape index (κ1) is 14.3. The van der Waals surface area contributed by atoms with Gasteiger partial charge >= 0.3 is 12.1 Å². The molecule has 100 valence electrons. The number of carboxylic acids is 1. The number of anilines is 1. The number of rotatable bonds is 5. The molecule has 0 aliphatic rings. The van der Waals surface area contributed by atoms with E-state index in [1.54, 1.807) is 0 Å². The van der Waals surface area contributed by atoms with Crippen LogP contribution in [0.25, 0.3) is 0 Å². The molecule has 1 aromatic rings. The molecule has 0 aliphatic heterocycles. The highest BCUT2D eigenvalue weighted by Gasteiger charge is 2.30. The van der Waals surface area contributed by atoms with E-state index in [-0.39, 0.29) is 12.2 Å². The minimum Gasteiger partial charge on any atom is -0.480 e. The van der Waals surface area contributed by atoms with E-state index in [9.17, 15) is 18.0 Å². The highest BCUT2D eigenvalue weighted by atomic mass is 19.4. The van der Waals surface area contributed by atoms with Crippen molar-refractivity contribution in [2.75, 3.05) is 18.0 Å². The van der Waals surface area contributed by atoms with Gasteiger partial charge in [-0.25, -0.2) is 0 Å². The molecule has 0 aliphatic carbocycles. The van der Waals surface area contributed by atoms with Crippen molar-refractivity contribution in [3.63, 3.8) is 0 Å². The van der Waals surface area contributed by atoms with E-state index < -0.39 is 17.7 Å². The average Bonchev–Trinajstić information content (AvgIpc) is 2.27. The Morgan fingerprint density at radius 3 is 2.56 bits per heavy atom. The second-order valence-corrected chi connectivity index (χ2v) is 3.86. The Morgan fingerprint density at radius 2 is 2.06 bits per heavy atom. The lowest BCUT2D eigenvalue weighted by Crippen LogP contribution is -2.30. The fourth-order valence-electron chi connectivity index (χ4n) is 1.61. The zero-order chi connectivity index (χ0) is 13.8. The Kier molecular flexibility index (Phi) is 4.58. The topological polar surface area (TPSA) is 40.5 Å². The molecule has 1 N–H and O–H groups in total. The lowest BCUT2D eigenvalue weighted by atomic mass is 10.1. The van der Waals surface area contributed by atoms with Gasteiger partial charge in [-0.05, 0) is 24.6 Å². The van der Waals surface area contributed by atoms with E-state index in [1.165, 1.54) is 17.0 Å². The standard InChI is InChI=1S/C12H14F3NO2/c1-2-6-16(8-11(17)18)10-5-3-4-9(7-10)12(13,14)15/h3-5,7H,2,6,8H2,1H3,(H,17,18). The minimum atomic E-state index is -4.42. The fourth-order valence-corrected chi connectivity index (χ4v) is 1.61. The van der Waals surface area contributed by atoms with Crippen molar-refractivity contribution in [3.05, 3.63) is 29.8 Å². The molecule has 3 nitrogen and oxygen atoms in total. The SMILES string of the molecule is CCCN(CC(=O)O)c1cccc(C(F)(F)F)c1. The number of carbonyl (C=O) groups is 1. The van der Waals surface area contributed by atoms with Crippen molar-refractivity contribution in [1.29, 1.82) is 0 Å². The van der Waals surface area contributed by atoms with Crippen LogP contribution in [0, 0.1) is 0 Å². The van der Waals surface area contributed by atoms with Crippen LogP contribution in [0.4, 0.5) is 18.9 Å². The van der Waals surface area contributed by atoms with Gasteiger partial charge in [-0.15, -0.1) is 0 Å². The Hall–Kier alpha value is -1.72. The first-order valence-corrected chi connectivity index (χ1v) is 5.48. The molecular weight excluding hydrogens is 247 g/mol. The van der Waals surface area contributed by atoms with Crippen molar-refractivity contribution in [2.45, 2.75) is 19.5 Å². The minimum absolute atomic E-state index is 0.272. The largest absolute Gasteiger partial charge is 0.480 e. The van der Waals surface area contributed by atoms with Gasteiger partial charge in [0.2, 0.25) is 0 Å². The number of aliphatic carboxylic acids is 1. The molecule has 0 saturated carbocycles. The van der Waals surface area contributed by atoms with E-state index in [0.29, 0.717) is 13.0 Å². The molecule has 0 unspecified atom stereocenters. The van der Waals surface area contributed by atoms with Gasteiger partial charge in [-0.1, -0.05) is 13.0 Å². The third-order valence-corrected chi connectivity index (χ3v) is 2.36. The number of benzene rings is 1. The molecule has 0 amide bonds. The lowest BCUT2D eigenvalue weighted by molar-refractivity contribution is -0.137. The summed E-state index contributed by atoms with van der Waals surface area (Å²) in [7, 11) is 0. The first-order chi connectivity index (χ1) is 8.34. The molecule has 0 spiro atoms. The Bertz CT molecular complexity index is 418. The van der Waals surface area contributed by atoms with Crippen LogP contribution >= 0.6 is 0 Å². The van der Waals surface area contributed by atoms with E-state index in [4.69, 9.17) is 5.11 Å². The maximum absolute atomic E-state index is 12.5. The summed E-state index contributed by atoms with van der Waals surface area (Å²) in [5, 5.41) is 8.74. The predicted molar refractivity (Wildman–Crippen MR) is 61.6 cm³/mol. The van der Waals surface area contributed by atoms with E-state index in [1.807, 2.05) is 6.92 Å². The average molecular weight is 261 g/mol. The van der Waals surface area contributed by atoms with Crippen LogP contribution in [0.15, 0.2) is 24.3 Å². The highest BCUT2D eigenvalue weighted by molar-refractivity contribution is 5.73. The van der Waals surface area contributed by atoms with Crippen molar-refractivity contribution >= 4 is 11.7 Å². The Labute approximate surface area is 103 Å². The molecule has 18 heavy (non-hydrogen) atoms. The molecule has 0 radical (unpaired) electrons. The summed E-state index contributed by atoms with van der Waals surface area (Å²) in [4.78, 5) is 12.1. The first-order valence-electron chi connectivity index (χ1n) is 5.48. The van der Waals surface area contributed by atoms with Crippen LogP contribution in [0.5, 0.6) is 0 Å². The molecular formula is C12H14F3NO2. The summed E-state index contributed by atoms with van der Waals surface area (Å²) in [6.07, 6.45) is -3.76. The second-order valence-electron chi connectivity index (χ2n) is 3.86. The van der Waals surface area contributed by atoms with E-state index >= 15 is 0 Å². The molecule has 1 rings (SSSR count). The van der Waals surface area contributed by atoms with E-state index in [0.717, 1.165) is 12.1 Å². The fraction of sp³-hybridized carbons (Fsp3) is 0.417. The van der Waals surface area contributed by atoms with Crippen molar-refractivity contribution < 1.29 is 23.1 Å². The highest BCUT2D eigenvalue weighted by Crippen LogP contribution is 2.31. The monoisotopic (exact) mass is 261 g/mol. The molecule has 1 aromatic carbocycles. The third-order valence-electron chi connectivity index (χ3n) is 2.36. The van der Waals surface area contributed by atoms with E-state index in [2.05, 4.69) is 0 Å². The summed E-state index contributed by atoms with van der Waals surface area (Å²) >= 11 is 0.